The molecule has 1 amide bonds. The van der Waals surface area contributed by atoms with Crippen LogP contribution in [-0.4, -0.2) is 56.5 Å². The number of amides is 1. The van der Waals surface area contributed by atoms with Crippen molar-refractivity contribution in [2.24, 2.45) is 46.3 Å². The zero-order valence-corrected chi connectivity index (χ0v) is 22.7. The molecule has 4 rings (SSSR count). The minimum Gasteiger partial charge on any atom is -0.481 e. The van der Waals surface area contributed by atoms with Crippen LogP contribution in [0.3, 0.4) is 0 Å². The van der Waals surface area contributed by atoms with Crippen LogP contribution < -0.4 is 5.32 Å². The van der Waals surface area contributed by atoms with E-state index >= 15 is 0 Å². The molecule has 0 aromatic carbocycles. The van der Waals surface area contributed by atoms with E-state index in [0.717, 1.165) is 51.4 Å². The van der Waals surface area contributed by atoms with Gasteiger partial charge >= 0.3 is 11.9 Å². The molecule has 8 heteroatoms. The van der Waals surface area contributed by atoms with Gasteiger partial charge in [-0.1, -0.05) is 20.8 Å². The van der Waals surface area contributed by atoms with E-state index in [0.29, 0.717) is 41.9 Å². The maximum absolute atomic E-state index is 12.5. The fourth-order valence-corrected chi connectivity index (χ4v) is 9.53. The summed E-state index contributed by atoms with van der Waals surface area (Å²) in [5.74, 6) is -0.188. The predicted octanol–water partition coefficient (Wildman–Crippen LogP) is 3.83. The maximum Gasteiger partial charge on any atom is 0.326 e. The third-order valence-electron chi connectivity index (χ3n) is 11.5. The molecule has 4 saturated carbocycles. The molecule has 11 atom stereocenters. The highest BCUT2D eigenvalue weighted by Crippen LogP contribution is 2.68. The normalized spacial score (nSPS) is 42.6. The first-order valence-corrected chi connectivity index (χ1v) is 14.5. The fourth-order valence-electron chi connectivity index (χ4n) is 9.53. The second-order valence-corrected chi connectivity index (χ2v) is 13.4. The molecule has 11 unspecified atom stereocenters. The van der Waals surface area contributed by atoms with Crippen LogP contribution in [0, 0.1) is 46.3 Å². The van der Waals surface area contributed by atoms with Gasteiger partial charge in [0.25, 0.3) is 0 Å². The number of nitrogens with one attached hydrogen (secondary N) is 1. The van der Waals surface area contributed by atoms with Gasteiger partial charge in [0.1, 0.15) is 6.04 Å². The zero-order chi connectivity index (χ0) is 27.1. The summed E-state index contributed by atoms with van der Waals surface area (Å²) in [6.07, 6.45) is 7.91. The number of aliphatic carboxylic acids is 2. The lowest BCUT2D eigenvalue weighted by atomic mass is 9.43. The Morgan fingerprint density at radius 3 is 2.24 bits per heavy atom. The van der Waals surface area contributed by atoms with E-state index in [1.807, 2.05) is 0 Å². The van der Waals surface area contributed by atoms with Crippen molar-refractivity contribution >= 4 is 17.8 Å². The summed E-state index contributed by atoms with van der Waals surface area (Å²) in [7, 11) is 0. The highest BCUT2D eigenvalue weighted by Gasteiger charge is 2.62. The number of hydrogen-bond donors (Lipinski definition) is 5. The van der Waals surface area contributed by atoms with Crippen LogP contribution in [-0.2, 0) is 14.4 Å². The van der Waals surface area contributed by atoms with E-state index in [2.05, 4.69) is 26.1 Å². The standard InChI is InChI=1S/C29H47NO7/c1-16(4-8-24(33)30-22(27(36)37)7-9-25(34)35)19-5-6-20-26-21(11-13-29(19,20)3)28(2)12-10-18(31)14-17(28)15-23(26)32/h16-23,26,31-32H,4-15H2,1-3H3,(H,30,33)(H,34,35)(H,36,37). The number of fused-ring (bicyclic) bond motifs is 5. The molecule has 210 valence electrons. The average Bonchev–Trinajstić information content (AvgIpc) is 3.18. The minimum atomic E-state index is -1.21. The first kappa shape index (κ1) is 28.3. The van der Waals surface area contributed by atoms with Crippen molar-refractivity contribution in [3.63, 3.8) is 0 Å². The van der Waals surface area contributed by atoms with E-state index in [9.17, 15) is 29.7 Å². The monoisotopic (exact) mass is 521 g/mol. The summed E-state index contributed by atoms with van der Waals surface area (Å²) < 4.78 is 0. The van der Waals surface area contributed by atoms with E-state index < -0.39 is 18.0 Å². The summed E-state index contributed by atoms with van der Waals surface area (Å²) in [6.45, 7) is 7.03. The number of carboxylic acids is 2. The van der Waals surface area contributed by atoms with Crippen molar-refractivity contribution in [1.29, 1.82) is 0 Å². The number of carbonyl (C=O) groups excluding carboxylic acids is 1. The van der Waals surface area contributed by atoms with Gasteiger partial charge in [-0.2, -0.15) is 0 Å². The van der Waals surface area contributed by atoms with Crippen LogP contribution in [0.2, 0.25) is 0 Å². The van der Waals surface area contributed by atoms with Gasteiger partial charge in [0.15, 0.2) is 0 Å². The third kappa shape index (κ3) is 5.42. The lowest BCUT2D eigenvalue weighted by Gasteiger charge is -2.62. The van der Waals surface area contributed by atoms with Crippen LogP contribution in [0.5, 0.6) is 0 Å². The van der Waals surface area contributed by atoms with Crippen molar-refractivity contribution in [2.45, 2.75) is 116 Å². The lowest BCUT2D eigenvalue weighted by molar-refractivity contribution is -0.174. The molecule has 0 bridgehead atoms. The van der Waals surface area contributed by atoms with Crippen LogP contribution in [0.4, 0.5) is 0 Å². The number of rotatable bonds is 9. The first-order chi connectivity index (χ1) is 17.4. The molecule has 4 aliphatic rings. The van der Waals surface area contributed by atoms with Gasteiger partial charge in [-0.15, -0.1) is 0 Å². The topological polar surface area (TPSA) is 144 Å². The van der Waals surface area contributed by atoms with Crippen molar-refractivity contribution in [3.05, 3.63) is 0 Å². The molecule has 37 heavy (non-hydrogen) atoms. The number of aliphatic hydroxyl groups excluding tert-OH is 2. The van der Waals surface area contributed by atoms with E-state index in [-0.39, 0.29) is 48.2 Å². The predicted molar refractivity (Wildman–Crippen MR) is 137 cm³/mol. The van der Waals surface area contributed by atoms with Crippen LogP contribution in [0.15, 0.2) is 0 Å². The van der Waals surface area contributed by atoms with Gasteiger partial charge in [-0.05, 0) is 111 Å². The van der Waals surface area contributed by atoms with Gasteiger partial charge in [0, 0.05) is 12.8 Å². The molecule has 0 saturated heterocycles. The molecule has 0 radical (unpaired) electrons. The van der Waals surface area contributed by atoms with Gasteiger partial charge < -0.3 is 25.7 Å². The minimum absolute atomic E-state index is 0.126. The summed E-state index contributed by atoms with van der Waals surface area (Å²) in [5.41, 5.74) is 0.327. The molecular weight excluding hydrogens is 474 g/mol. The highest BCUT2D eigenvalue weighted by atomic mass is 16.4. The molecule has 0 spiro atoms. The summed E-state index contributed by atoms with van der Waals surface area (Å²) in [6, 6.07) is -1.18. The Morgan fingerprint density at radius 2 is 1.57 bits per heavy atom. The van der Waals surface area contributed by atoms with Gasteiger partial charge in [-0.3, -0.25) is 9.59 Å². The third-order valence-corrected chi connectivity index (χ3v) is 11.5. The number of hydrogen-bond acceptors (Lipinski definition) is 5. The SMILES string of the molecule is CC(CCC(=O)NC(CCC(=O)O)C(=O)O)C1CCC2C3C(O)CC4CC(O)CCC4(C)C3CCC12C. The summed E-state index contributed by atoms with van der Waals surface area (Å²) >= 11 is 0. The second-order valence-electron chi connectivity index (χ2n) is 13.4. The molecule has 4 fully saturated rings. The van der Waals surface area contributed by atoms with E-state index in [1.165, 1.54) is 0 Å². The Morgan fingerprint density at radius 1 is 0.892 bits per heavy atom. The molecule has 5 N–H and O–H groups in total. The van der Waals surface area contributed by atoms with Crippen molar-refractivity contribution in [1.82, 2.24) is 5.32 Å². The number of aliphatic hydroxyl groups is 2. The van der Waals surface area contributed by atoms with Gasteiger partial charge in [-0.25, -0.2) is 4.79 Å². The fraction of sp³-hybridized carbons (Fsp3) is 0.897. The smallest absolute Gasteiger partial charge is 0.326 e. The Kier molecular flexibility index (Phi) is 8.30. The Labute approximate surface area is 220 Å². The highest BCUT2D eigenvalue weighted by molar-refractivity contribution is 5.83. The molecular formula is C29H47NO7. The molecule has 8 nitrogen and oxygen atoms in total. The molecule has 0 aromatic heterocycles. The van der Waals surface area contributed by atoms with E-state index in [1.54, 1.807) is 0 Å². The van der Waals surface area contributed by atoms with Gasteiger partial charge in [0.05, 0.1) is 12.2 Å². The molecule has 0 heterocycles. The average molecular weight is 522 g/mol. The molecule has 4 aliphatic carbocycles. The van der Waals surface area contributed by atoms with Crippen LogP contribution in [0.1, 0.15) is 97.8 Å². The summed E-state index contributed by atoms with van der Waals surface area (Å²) in [4.78, 5) is 34.8. The lowest BCUT2D eigenvalue weighted by Crippen LogP contribution is -2.58. The Balaban J connectivity index is 1.38. The Hall–Kier alpha value is -1.67. The summed E-state index contributed by atoms with van der Waals surface area (Å²) in [5, 5.41) is 42.3. The van der Waals surface area contributed by atoms with Crippen LogP contribution >= 0.6 is 0 Å². The zero-order valence-electron chi connectivity index (χ0n) is 22.7. The number of carbonyl (C=O) groups is 3. The first-order valence-electron chi connectivity index (χ1n) is 14.5. The number of carboxylic acid groups (broad SMARTS) is 2. The van der Waals surface area contributed by atoms with E-state index in [4.69, 9.17) is 5.11 Å². The Bertz CT molecular complexity index is 878. The molecule has 0 aliphatic heterocycles. The van der Waals surface area contributed by atoms with Crippen molar-refractivity contribution < 1.29 is 34.8 Å². The van der Waals surface area contributed by atoms with Crippen molar-refractivity contribution in [3.8, 4) is 0 Å². The van der Waals surface area contributed by atoms with Gasteiger partial charge in [0.2, 0.25) is 5.91 Å². The quantitative estimate of drug-likeness (QED) is 0.310. The largest absolute Gasteiger partial charge is 0.481 e. The molecule has 0 aromatic rings. The maximum atomic E-state index is 12.5. The second kappa shape index (κ2) is 10.8. The van der Waals surface area contributed by atoms with Crippen molar-refractivity contribution in [2.75, 3.05) is 0 Å². The van der Waals surface area contributed by atoms with Crippen LogP contribution in [0.25, 0.3) is 0 Å².